The molecule has 0 aliphatic heterocycles. The van der Waals surface area contributed by atoms with Crippen LogP contribution in [0.4, 0.5) is 0 Å². The molecule has 0 spiro atoms. The Labute approximate surface area is 115 Å². The number of aromatic carboxylic acids is 1. The summed E-state index contributed by atoms with van der Waals surface area (Å²) < 4.78 is 5.43. The Bertz CT molecular complexity index is 646. The Morgan fingerprint density at radius 1 is 1.32 bits per heavy atom. The van der Waals surface area contributed by atoms with Gasteiger partial charge in [0.1, 0.15) is 5.75 Å². The zero-order valence-electron chi connectivity index (χ0n) is 11.3. The molecule has 5 heteroatoms. The van der Waals surface area contributed by atoms with Gasteiger partial charge in [0.25, 0.3) is 0 Å². The van der Waals surface area contributed by atoms with Crippen LogP contribution in [0.25, 0.3) is 11.3 Å². The van der Waals surface area contributed by atoms with Gasteiger partial charge in [0.05, 0.1) is 12.8 Å². The number of benzene rings is 1. The predicted molar refractivity (Wildman–Crippen MR) is 75.3 cm³/mol. The molecule has 0 unspecified atom stereocenters. The molecule has 1 heterocycles. The van der Waals surface area contributed by atoms with E-state index in [9.17, 15) is 4.79 Å². The van der Waals surface area contributed by atoms with Crippen molar-refractivity contribution in [1.29, 1.82) is 0 Å². The van der Waals surface area contributed by atoms with Gasteiger partial charge in [-0.25, -0.2) is 9.78 Å². The second-order valence-electron chi connectivity index (χ2n) is 4.39. The van der Waals surface area contributed by atoms with Crippen LogP contribution in [0.2, 0.25) is 0 Å². The van der Waals surface area contributed by atoms with Crippen LogP contribution < -0.4 is 4.74 Å². The Morgan fingerprint density at radius 3 is 2.53 bits per heavy atom. The lowest BCUT2D eigenvalue weighted by atomic mass is 10.0. The van der Waals surface area contributed by atoms with E-state index in [0.717, 1.165) is 27.3 Å². The van der Waals surface area contributed by atoms with Crippen molar-refractivity contribution in [3.63, 3.8) is 0 Å². The summed E-state index contributed by atoms with van der Waals surface area (Å²) in [5.41, 5.74) is 3.65. The van der Waals surface area contributed by atoms with Crippen LogP contribution in [0.3, 0.4) is 0 Å². The number of carboxylic acid groups (broad SMARTS) is 1. The molecule has 0 fully saturated rings. The number of carboxylic acids is 1. The van der Waals surface area contributed by atoms with E-state index in [-0.39, 0.29) is 5.01 Å². The summed E-state index contributed by atoms with van der Waals surface area (Å²) in [5, 5.41) is 9.13. The monoisotopic (exact) mass is 277 g/mol. The number of hydrogen-bond acceptors (Lipinski definition) is 4. The number of hydrogen-bond donors (Lipinski definition) is 1. The third-order valence-corrected chi connectivity index (χ3v) is 3.82. The summed E-state index contributed by atoms with van der Waals surface area (Å²) in [6, 6.07) is 4.00. The molecular formula is C14H15NO3S. The molecule has 1 N–H and O–H groups in total. The fourth-order valence-corrected chi connectivity index (χ4v) is 2.91. The first-order valence-electron chi connectivity index (χ1n) is 5.80. The number of carbonyl (C=O) groups is 1. The molecule has 0 aliphatic rings. The van der Waals surface area contributed by atoms with E-state index in [4.69, 9.17) is 9.84 Å². The van der Waals surface area contributed by atoms with E-state index in [0.29, 0.717) is 5.69 Å². The van der Waals surface area contributed by atoms with Crippen LogP contribution in [0, 0.1) is 20.8 Å². The standard InChI is InChI=1S/C14H15NO3S/c1-7-5-8(2)12(18-4)10(6-7)11-9(3)19-13(15-11)14(16)17/h5-6H,1-4H3,(H,16,17). The molecule has 0 radical (unpaired) electrons. The maximum atomic E-state index is 11.0. The number of methoxy groups -OCH3 is 1. The summed E-state index contributed by atoms with van der Waals surface area (Å²) >= 11 is 1.18. The minimum Gasteiger partial charge on any atom is -0.496 e. The van der Waals surface area contributed by atoms with Gasteiger partial charge in [-0.3, -0.25) is 0 Å². The van der Waals surface area contributed by atoms with Gasteiger partial charge in [-0.2, -0.15) is 0 Å². The number of thiazole rings is 1. The maximum Gasteiger partial charge on any atom is 0.365 e. The first-order valence-corrected chi connectivity index (χ1v) is 6.62. The zero-order valence-corrected chi connectivity index (χ0v) is 12.1. The summed E-state index contributed by atoms with van der Waals surface area (Å²) in [5.74, 6) is -0.251. The summed E-state index contributed by atoms with van der Waals surface area (Å²) in [4.78, 5) is 16.1. The van der Waals surface area contributed by atoms with Crippen molar-refractivity contribution < 1.29 is 14.6 Å². The van der Waals surface area contributed by atoms with Crippen molar-refractivity contribution in [1.82, 2.24) is 4.98 Å². The van der Waals surface area contributed by atoms with Crippen LogP contribution in [0.1, 0.15) is 25.8 Å². The van der Waals surface area contributed by atoms with Crippen molar-refractivity contribution in [3.8, 4) is 17.0 Å². The maximum absolute atomic E-state index is 11.0. The minimum atomic E-state index is -0.998. The van der Waals surface area contributed by atoms with Crippen molar-refractivity contribution >= 4 is 17.3 Å². The molecule has 1 aromatic carbocycles. The fourth-order valence-electron chi connectivity index (χ4n) is 2.14. The van der Waals surface area contributed by atoms with Gasteiger partial charge in [0, 0.05) is 10.4 Å². The predicted octanol–water partition coefficient (Wildman–Crippen LogP) is 3.44. The van der Waals surface area contributed by atoms with Gasteiger partial charge in [0.15, 0.2) is 0 Å². The van der Waals surface area contributed by atoms with E-state index in [1.807, 2.05) is 32.9 Å². The molecule has 0 atom stereocenters. The van der Waals surface area contributed by atoms with E-state index in [1.165, 1.54) is 11.3 Å². The highest BCUT2D eigenvalue weighted by Crippen LogP contribution is 2.37. The lowest BCUT2D eigenvalue weighted by Crippen LogP contribution is -1.96. The van der Waals surface area contributed by atoms with Gasteiger partial charge in [-0.05, 0) is 38.0 Å². The lowest BCUT2D eigenvalue weighted by molar-refractivity contribution is 0.0696. The second-order valence-corrected chi connectivity index (χ2v) is 5.59. The molecule has 0 saturated heterocycles. The molecule has 1 aromatic heterocycles. The van der Waals surface area contributed by atoms with Gasteiger partial charge < -0.3 is 9.84 Å². The molecule has 0 bridgehead atoms. The number of aromatic nitrogens is 1. The van der Waals surface area contributed by atoms with E-state index >= 15 is 0 Å². The van der Waals surface area contributed by atoms with Crippen LogP contribution in [-0.4, -0.2) is 23.2 Å². The minimum absolute atomic E-state index is 0.105. The largest absolute Gasteiger partial charge is 0.496 e. The zero-order chi connectivity index (χ0) is 14.2. The second kappa shape index (κ2) is 5.01. The Balaban J connectivity index is 2.67. The van der Waals surface area contributed by atoms with Gasteiger partial charge >= 0.3 is 5.97 Å². The Hall–Kier alpha value is -1.88. The van der Waals surface area contributed by atoms with Crippen LogP contribution in [0.5, 0.6) is 5.75 Å². The molecule has 0 aliphatic carbocycles. The fraction of sp³-hybridized carbons (Fsp3) is 0.286. The Morgan fingerprint density at radius 2 is 2.00 bits per heavy atom. The SMILES string of the molecule is COc1c(C)cc(C)cc1-c1nc(C(=O)O)sc1C. The molecule has 0 amide bonds. The number of ether oxygens (including phenoxy) is 1. The van der Waals surface area contributed by atoms with Crippen molar-refractivity contribution in [3.05, 3.63) is 33.1 Å². The van der Waals surface area contributed by atoms with E-state index < -0.39 is 5.97 Å². The molecule has 4 nitrogen and oxygen atoms in total. The van der Waals surface area contributed by atoms with Crippen molar-refractivity contribution in [2.75, 3.05) is 7.11 Å². The van der Waals surface area contributed by atoms with Gasteiger partial charge in [-0.15, -0.1) is 11.3 Å². The highest BCUT2D eigenvalue weighted by Gasteiger charge is 2.18. The molecule has 19 heavy (non-hydrogen) atoms. The molecule has 2 rings (SSSR count). The molecular weight excluding hydrogens is 262 g/mol. The third kappa shape index (κ3) is 2.46. The molecule has 100 valence electrons. The normalized spacial score (nSPS) is 10.5. The highest BCUT2D eigenvalue weighted by atomic mass is 32.1. The average molecular weight is 277 g/mol. The third-order valence-electron chi connectivity index (χ3n) is 2.86. The van der Waals surface area contributed by atoms with Crippen LogP contribution in [0.15, 0.2) is 12.1 Å². The molecule has 2 aromatic rings. The Kier molecular flexibility index (Phi) is 3.57. The van der Waals surface area contributed by atoms with Crippen LogP contribution in [-0.2, 0) is 0 Å². The smallest absolute Gasteiger partial charge is 0.365 e. The van der Waals surface area contributed by atoms with Gasteiger partial charge in [0.2, 0.25) is 5.01 Å². The van der Waals surface area contributed by atoms with Gasteiger partial charge in [-0.1, -0.05) is 6.07 Å². The first kappa shape index (κ1) is 13.5. The number of aryl methyl sites for hydroxylation is 3. The summed E-state index contributed by atoms with van der Waals surface area (Å²) in [7, 11) is 1.61. The van der Waals surface area contributed by atoms with E-state index in [1.54, 1.807) is 7.11 Å². The molecule has 0 saturated carbocycles. The van der Waals surface area contributed by atoms with E-state index in [2.05, 4.69) is 4.98 Å². The summed E-state index contributed by atoms with van der Waals surface area (Å²) in [6.07, 6.45) is 0. The first-order chi connectivity index (χ1) is 8.93. The topological polar surface area (TPSA) is 59.4 Å². The number of rotatable bonds is 3. The lowest BCUT2D eigenvalue weighted by Gasteiger charge is -2.11. The highest BCUT2D eigenvalue weighted by molar-refractivity contribution is 7.13. The van der Waals surface area contributed by atoms with Crippen molar-refractivity contribution in [2.45, 2.75) is 20.8 Å². The quantitative estimate of drug-likeness (QED) is 0.933. The van der Waals surface area contributed by atoms with Crippen molar-refractivity contribution in [2.24, 2.45) is 0 Å². The average Bonchev–Trinajstić information content (AvgIpc) is 2.70. The number of nitrogens with zero attached hydrogens (tertiary/aromatic N) is 1. The van der Waals surface area contributed by atoms with Crippen LogP contribution >= 0.6 is 11.3 Å². The summed E-state index contributed by atoms with van der Waals surface area (Å²) in [6.45, 7) is 5.83.